The fourth-order valence-electron chi connectivity index (χ4n) is 2.67. The van der Waals surface area contributed by atoms with E-state index in [1.807, 2.05) is 0 Å². The highest BCUT2D eigenvalue weighted by Gasteiger charge is 2.16. The van der Waals surface area contributed by atoms with Gasteiger partial charge in [-0.1, -0.05) is 12.1 Å². The molecule has 1 N–H and O–H groups in total. The van der Waals surface area contributed by atoms with Crippen LogP contribution in [0.3, 0.4) is 0 Å². The Balaban J connectivity index is 0.00000147. The molecule has 0 saturated carbocycles. The van der Waals surface area contributed by atoms with Crippen molar-refractivity contribution in [3.63, 3.8) is 0 Å². The quantitative estimate of drug-likeness (QED) is 0.898. The second-order valence-electron chi connectivity index (χ2n) is 5.35. The Morgan fingerprint density at radius 2 is 1.95 bits per heavy atom. The second-order valence-corrected chi connectivity index (χ2v) is 5.35. The van der Waals surface area contributed by atoms with Crippen LogP contribution in [0.5, 0.6) is 0 Å². The number of hydrogen-bond donors (Lipinski definition) is 1. The van der Waals surface area contributed by atoms with Gasteiger partial charge in [0, 0.05) is 32.7 Å². The summed E-state index contributed by atoms with van der Waals surface area (Å²) in [7, 11) is 2.18. The summed E-state index contributed by atoms with van der Waals surface area (Å²) in [6.07, 6.45) is 3.35. The first-order chi connectivity index (χ1) is 9.33. The number of rotatable bonds is 2. The summed E-state index contributed by atoms with van der Waals surface area (Å²) in [5.41, 5.74) is 2.53. The monoisotopic (exact) mass is 294 g/mol. The van der Waals surface area contributed by atoms with E-state index in [-0.39, 0.29) is 12.4 Å². The van der Waals surface area contributed by atoms with E-state index in [2.05, 4.69) is 46.4 Å². The zero-order valence-corrected chi connectivity index (χ0v) is 12.8. The predicted octanol–water partition coefficient (Wildman–Crippen LogP) is 1.63. The lowest BCUT2D eigenvalue weighted by Crippen LogP contribution is -2.44. The maximum atomic E-state index is 4.86. The molecule has 1 saturated heterocycles. The summed E-state index contributed by atoms with van der Waals surface area (Å²) < 4.78 is 0. The topological polar surface area (TPSA) is 31.4 Å². The van der Waals surface area contributed by atoms with Crippen molar-refractivity contribution in [3.8, 4) is 0 Å². The lowest BCUT2D eigenvalue weighted by atomic mass is 10.1. The van der Waals surface area contributed by atoms with E-state index in [4.69, 9.17) is 4.98 Å². The van der Waals surface area contributed by atoms with Crippen LogP contribution in [0.4, 0.5) is 5.82 Å². The Morgan fingerprint density at radius 3 is 2.65 bits per heavy atom. The molecule has 110 valence electrons. The third kappa shape index (κ3) is 3.51. The van der Waals surface area contributed by atoms with Crippen molar-refractivity contribution in [1.29, 1.82) is 0 Å². The molecule has 0 amide bonds. The molecule has 0 aromatic carbocycles. The van der Waals surface area contributed by atoms with Crippen molar-refractivity contribution in [2.45, 2.75) is 6.42 Å². The first-order valence-electron chi connectivity index (χ1n) is 7.13. The number of nitrogens with zero attached hydrogens (tertiary/aromatic N) is 3. The molecule has 2 aliphatic rings. The van der Waals surface area contributed by atoms with Crippen LogP contribution in [0, 0.1) is 0 Å². The van der Waals surface area contributed by atoms with E-state index in [1.165, 1.54) is 5.57 Å². The van der Waals surface area contributed by atoms with E-state index in [1.54, 1.807) is 0 Å². The molecule has 1 aromatic rings. The molecule has 0 radical (unpaired) electrons. The average molecular weight is 295 g/mol. The number of likely N-dealkylation sites (N-methyl/N-ethyl adjacent to an activating group) is 1. The molecule has 0 spiro atoms. The summed E-state index contributed by atoms with van der Waals surface area (Å²) in [4.78, 5) is 9.62. The Bertz CT molecular complexity index is 467. The number of halogens is 1. The highest BCUT2D eigenvalue weighted by molar-refractivity contribution is 5.85. The number of piperazine rings is 1. The zero-order valence-electron chi connectivity index (χ0n) is 12.0. The van der Waals surface area contributed by atoms with Crippen LogP contribution in [-0.2, 0) is 0 Å². The van der Waals surface area contributed by atoms with Gasteiger partial charge in [0.25, 0.3) is 0 Å². The van der Waals surface area contributed by atoms with Gasteiger partial charge in [-0.3, -0.25) is 0 Å². The largest absolute Gasteiger partial charge is 0.354 e. The van der Waals surface area contributed by atoms with Gasteiger partial charge in [0.1, 0.15) is 5.82 Å². The highest BCUT2D eigenvalue weighted by Crippen LogP contribution is 2.21. The molecule has 5 heteroatoms. The third-order valence-electron chi connectivity index (χ3n) is 3.95. The van der Waals surface area contributed by atoms with Gasteiger partial charge in [0.05, 0.1) is 5.69 Å². The highest BCUT2D eigenvalue weighted by atomic mass is 35.5. The van der Waals surface area contributed by atoms with Gasteiger partial charge in [-0.05, 0) is 37.7 Å². The number of nitrogens with one attached hydrogen (secondary N) is 1. The van der Waals surface area contributed by atoms with Gasteiger partial charge >= 0.3 is 0 Å². The van der Waals surface area contributed by atoms with Crippen LogP contribution < -0.4 is 10.2 Å². The van der Waals surface area contributed by atoms with Crippen LogP contribution in [0.15, 0.2) is 24.3 Å². The zero-order chi connectivity index (χ0) is 13.1. The molecule has 0 aliphatic carbocycles. The fourth-order valence-corrected chi connectivity index (χ4v) is 2.67. The molecular formula is C15H23ClN4. The number of anilines is 1. The third-order valence-corrected chi connectivity index (χ3v) is 3.95. The first kappa shape index (κ1) is 15.3. The predicted molar refractivity (Wildman–Crippen MR) is 86.7 cm³/mol. The molecule has 3 heterocycles. The minimum absolute atomic E-state index is 0. The number of hydrogen-bond acceptors (Lipinski definition) is 4. The van der Waals surface area contributed by atoms with E-state index in [9.17, 15) is 0 Å². The molecule has 1 fully saturated rings. The molecule has 0 unspecified atom stereocenters. The van der Waals surface area contributed by atoms with Gasteiger partial charge in [0.15, 0.2) is 0 Å². The maximum absolute atomic E-state index is 4.86. The summed E-state index contributed by atoms with van der Waals surface area (Å²) in [6.45, 7) is 6.43. The Hall–Kier alpha value is -1.10. The summed E-state index contributed by atoms with van der Waals surface area (Å²) in [5, 5.41) is 3.35. The lowest BCUT2D eigenvalue weighted by Gasteiger charge is -2.33. The van der Waals surface area contributed by atoms with Crippen LogP contribution in [0.25, 0.3) is 5.57 Å². The molecule has 1 aromatic heterocycles. The standard InChI is InChI=1S/C15H22N4.ClH/c1-18-9-11-19(12-10-18)15-4-2-3-14(17-15)13-5-7-16-8-6-13;/h2-5,16H,6-12H2,1H3;1H. The summed E-state index contributed by atoms with van der Waals surface area (Å²) in [5.74, 6) is 1.13. The minimum Gasteiger partial charge on any atom is -0.354 e. The van der Waals surface area contributed by atoms with Gasteiger partial charge < -0.3 is 15.1 Å². The van der Waals surface area contributed by atoms with Crippen molar-refractivity contribution in [3.05, 3.63) is 30.0 Å². The minimum atomic E-state index is 0. The molecule has 20 heavy (non-hydrogen) atoms. The molecule has 0 atom stereocenters. The first-order valence-corrected chi connectivity index (χ1v) is 7.13. The van der Waals surface area contributed by atoms with Crippen molar-refractivity contribution < 1.29 is 0 Å². The number of aromatic nitrogens is 1. The smallest absolute Gasteiger partial charge is 0.129 e. The molecule has 4 nitrogen and oxygen atoms in total. The van der Waals surface area contributed by atoms with E-state index in [0.717, 1.165) is 57.2 Å². The molecule has 3 rings (SSSR count). The van der Waals surface area contributed by atoms with Crippen molar-refractivity contribution in [1.82, 2.24) is 15.2 Å². The Morgan fingerprint density at radius 1 is 1.15 bits per heavy atom. The maximum Gasteiger partial charge on any atom is 0.129 e. The average Bonchev–Trinajstić information content (AvgIpc) is 2.49. The van der Waals surface area contributed by atoms with Crippen LogP contribution in [0.1, 0.15) is 12.1 Å². The van der Waals surface area contributed by atoms with Gasteiger partial charge in [0.2, 0.25) is 0 Å². The van der Waals surface area contributed by atoms with Crippen LogP contribution in [0.2, 0.25) is 0 Å². The summed E-state index contributed by atoms with van der Waals surface area (Å²) in [6, 6.07) is 6.41. The number of pyridine rings is 1. The molecule has 2 aliphatic heterocycles. The van der Waals surface area contributed by atoms with E-state index < -0.39 is 0 Å². The van der Waals surface area contributed by atoms with Gasteiger partial charge in [-0.25, -0.2) is 4.98 Å². The summed E-state index contributed by atoms with van der Waals surface area (Å²) >= 11 is 0. The fraction of sp³-hybridized carbons (Fsp3) is 0.533. The van der Waals surface area contributed by atoms with Gasteiger partial charge in [-0.2, -0.15) is 0 Å². The normalized spacial score (nSPS) is 20.2. The van der Waals surface area contributed by atoms with Crippen LogP contribution >= 0.6 is 12.4 Å². The molecular weight excluding hydrogens is 272 g/mol. The Kier molecular flexibility index (Phi) is 5.40. The van der Waals surface area contributed by atoms with Gasteiger partial charge in [-0.15, -0.1) is 12.4 Å². The van der Waals surface area contributed by atoms with E-state index >= 15 is 0 Å². The van der Waals surface area contributed by atoms with Crippen molar-refractivity contribution in [2.24, 2.45) is 0 Å². The SMILES string of the molecule is CN1CCN(c2cccc(C3=CCNCC3)n2)CC1.Cl. The van der Waals surface area contributed by atoms with Crippen molar-refractivity contribution >= 4 is 23.8 Å². The van der Waals surface area contributed by atoms with Crippen molar-refractivity contribution in [2.75, 3.05) is 51.2 Å². The Labute approximate surface area is 127 Å². The van der Waals surface area contributed by atoms with Crippen LogP contribution in [-0.4, -0.2) is 56.2 Å². The second kappa shape index (κ2) is 7.07. The molecule has 0 bridgehead atoms. The van der Waals surface area contributed by atoms with E-state index in [0.29, 0.717) is 0 Å². The lowest BCUT2D eigenvalue weighted by molar-refractivity contribution is 0.312.